The maximum absolute atomic E-state index is 14.3. The van der Waals surface area contributed by atoms with Crippen LogP contribution >= 0.6 is 0 Å². The van der Waals surface area contributed by atoms with E-state index in [0.717, 1.165) is 5.56 Å². The second kappa shape index (κ2) is 18.6. The quantitative estimate of drug-likeness (QED) is 0.159. The molecule has 16 heteroatoms. The van der Waals surface area contributed by atoms with E-state index in [0.29, 0.717) is 12.2 Å². The number of urea groups is 1. The standard InChI is InChI=1S/C36H60F2N6O7S/c1-22(2)24-18-27(32(46)40-26(19-29(37)38)31(45)39-17-16-23-12-14-25(51-10)15-13-23)44(20-24)33(47)30(36(6,7)8)42-34(48)41-28(35(3,4)5)21-43(9)52(11,49)50/h12-15,22,24,26-30H,16-21H2,1-11H3,(H4-,39,40,41,42,45,46,48,49,50)/p+1/t24-,26+,27+,28-,30-/m1/s1. The van der Waals surface area contributed by atoms with E-state index in [1.54, 1.807) is 40.0 Å². The van der Waals surface area contributed by atoms with E-state index in [9.17, 15) is 36.7 Å². The average Bonchev–Trinajstić information content (AvgIpc) is 3.47. The Bertz CT molecular complexity index is 1410. The molecule has 52 heavy (non-hydrogen) atoms. The van der Waals surface area contributed by atoms with Crippen molar-refractivity contribution in [1.82, 2.24) is 30.5 Å². The Labute approximate surface area is 309 Å². The lowest BCUT2D eigenvalue weighted by Gasteiger charge is -2.37. The van der Waals surface area contributed by atoms with E-state index < -0.39 is 82.0 Å². The summed E-state index contributed by atoms with van der Waals surface area (Å²) in [5.74, 6) is -1.39. The van der Waals surface area contributed by atoms with Crippen LogP contribution in [0.2, 0.25) is 0 Å². The molecule has 13 nitrogen and oxygen atoms in total. The number of benzene rings is 1. The number of carbonyl (C=O) groups is 4. The van der Waals surface area contributed by atoms with Crippen LogP contribution in [0.15, 0.2) is 24.3 Å². The third-order valence-corrected chi connectivity index (χ3v) is 10.8. The first-order valence-electron chi connectivity index (χ1n) is 17.6. The van der Waals surface area contributed by atoms with Crippen molar-refractivity contribution in [2.75, 3.05) is 40.0 Å². The van der Waals surface area contributed by atoms with Gasteiger partial charge in [-0.25, -0.2) is 13.6 Å². The van der Waals surface area contributed by atoms with Gasteiger partial charge in [-0.2, -0.15) is 4.55 Å². The maximum atomic E-state index is 14.3. The molecule has 0 radical (unpaired) electrons. The van der Waals surface area contributed by atoms with Crippen LogP contribution in [-0.4, -0.2) is 108 Å². The highest BCUT2D eigenvalue weighted by molar-refractivity contribution is 7.94. The minimum Gasteiger partial charge on any atom is -0.497 e. The number of likely N-dealkylation sites (N-methyl/N-ethyl adjacent to an activating group) is 1. The van der Waals surface area contributed by atoms with Gasteiger partial charge < -0.3 is 30.9 Å². The van der Waals surface area contributed by atoms with E-state index in [2.05, 4.69) is 21.3 Å². The third-order valence-electron chi connectivity index (χ3n) is 9.54. The molecule has 1 aromatic rings. The molecule has 0 saturated carbocycles. The van der Waals surface area contributed by atoms with Crippen molar-refractivity contribution in [1.29, 1.82) is 0 Å². The number of nitrogens with one attached hydrogen (secondary N) is 4. The van der Waals surface area contributed by atoms with Crippen molar-refractivity contribution in [3.63, 3.8) is 0 Å². The predicted octanol–water partition coefficient (Wildman–Crippen LogP) is 3.94. The summed E-state index contributed by atoms with van der Waals surface area (Å²) in [5.41, 5.74) is -0.467. The minimum atomic E-state index is -3.29. The number of likely N-dealkylation sites (tertiary alicyclic amines) is 1. The Hall–Kier alpha value is -3.37. The van der Waals surface area contributed by atoms with Crippen molar-refractivity contribution >= 4 is 34.2 Å². The summed E-state index contributed by atoms with van der Waals surface area (Å²) in [6.07, 6.45) is -1.94. The van der Waals surface area contributed by atoms with Crippen molar-refractivity contribution in [3.8, 4) is 5.75 Å². The number of amides is 5. The van der Waals surface area contributed by atoms with E-state index >= 15 is 0 Å². The molecule has 0 aromatic heterocycles. The van der Waals surface area contributed by atoms with Crippen molar-refractivity contribution in [2.45, 2.75) is 105 Å². The number of methoxy groups -OCH3 is 1. The van der Waals surface area contributed by atoms with Crippen molar-refractivity contribution in [2.24, 2.45) is 22.7 Å². The molecule has 1 aromatic carbocycles. The predicted molar refractivity (Wildman–Crippen MR) is 198 cm³/mol. The van der Waals surface area contributed by atoms with Crippen molar-refractivity contribution < 1.29 is 41.5 Å². The zero-order chi connectivity index (χ0) is 39.8. The highest BCUT2D eigenvalue weighted by Crippen LogP contribution is 2.32. The van der Waals surface area contributed by atoms with E-state index in [4.69, 9.17) is 4.74 Å². The average molecular weight is 760 g/mol. The number of nitrogens with zero attached hydrogens (tertiary/aromatic N) is 2. The molecule has 2 rings (SSSR count). The molecular weight excluding hydrogens is 698 g/mol. The van der Waals surface area contributed by atoms with Gasteiger partial charge in [0, 0.05) is 26.6 Å². The van der Waals surface area contributed by atoms with Crippen LogP contribution in [0.4, 0.5) is 13.6 Å². The van der Waals surface area contributed by atoms with Gasteiger partial charge in [-0.1, -0.05) is 71.8 Å². The molecular formula is C36H61F2N6O7S+. The Morgan fingerprint density at radius 3 is 2.10 bits per heavy atom. The largest absolute Gasteiger partial charge is 0.497 e. The fourth-order valence-corrected chi connectivity index (χ4v) is 6.27. The monoisotopic (exact) mass is 759 g/mol. The summed E-state index contributed by atoms with van der Waals surface area (Å²) in [6, 6.07) is 2.21. The van der Waals surface area contributed by atoms with Gasteiger partial charge in [0.2, 0.25) is 24.1 Å². The molecule has 0 bridgehead atoms. The molecule has 5 N–H and O–H groups in total. The van der Waals surface area contributed by atoms with Crippen LogP contribution in [0, 0.1) is 22.7 Å². The Morgan fingerprint density at radius 1 is 1.02 bits per heavy atom. The molecule has 1 fully saturated rings. The van der Waals surface area contributed by atoms with Crippen LogP contribution in [0.25, 0.3) is 0 Å². The lowest BCUT2D eigenvalue weighted by atomic mass is 9.85. The van der Waals surface area contributed by atoms with Gasteiger partial charge >= 0.3 is 6.03 Å². The summed E-state index contributed by atoms with van der Waals surface area (Å²) < 4.78 is 56.0. The Morgan fingerprint density at radius 2 is 1.62 bits per heavy atom. The number of halogens is 2. The zero-order valence-electron chi connectivity index (χ0n) is 32.5. The highest BCUT2D eigenvalue weighted by Gasteiger charge is 2.46. The lowest BCUT2D eigenvalue weighted by molar-refractivity contribution is -0.142. The topological polar surface area (TPSA) is 169 Å². The van der Waals surface area contributed by atoms with Gasteiger partial charge in [0.05, 0.1) is 19.7 Å². The fraction of sp³-hybridized carbons (Fsp3) is 0.722. The van der Waals surface area contributed by atoms with Gasteiger partial charge in [0.1, 0.15) is 23.9 Å². The molecule has 1 aliphatic rings. The Kier molecular flexibility index (Phi) is 16.0. The molecule has 296 valence electrons. The number of ether oxygens (including phenoxy) is 1. The first-order valence-corrected chi connectivity index (χ1v) is 19.5. The molecule has 1 unspecified atom stereocenters. The summed E-state index contributed by atoms with van der Waals surface area (Å²) in [5, 5.41) is 10.8. The Balaban J connectivity index is 2.27. The van der Waals surface area contributed by atoms with Gasteiger partial charge in [0.15, 0.2) is 6.26 Å². The molecule has 6 atom stereocenters. The normalized spacial score (nSPS) is 19.5. The highest BCUT2D eigenvalue weighted by atomic mass is 32.3. The number of alkyl halides is 2. The minimum absolute atomic E-state index is 0.0518. The number of rotatable bonds is 16. The number of hydrogen-bond acceptors (Lipinski definition) is 6. The summed E-state index contributed by atoms with van der Waals surface area (Å²) in [7, 11) is -0.264. The van der Waals surface area contributed by atoms with Crippen LogP contribution in [0.1, 0.15) is 73.8 Å². The van der Waals surface area contributed by atoms with Crippen LogP contribution < -0.4 is 26.0 Å². The summed E-state index contributed by atoms with van der Waals surface area (Å²) in [6.45, 7) is 15.2. The first-order chi connectivity index (χ1) is 23.8. The second-order valence-corrected chi connectivity index (χ2v) is 18.4. The fourth-order valence-electron chi connectivity index (χ4n) is 5.84. The molecule has 0 aliphatic carbocycles. The van der Waals surface area contributed by atoms with Crippen LogP contribution in [0.5, 0.6) is 5.75 Å². The van der Waals surface area contributed by atoms with Gasteiger partial charge in [0.25, 0.3) is 10.4 Å². The van der Waals surface area contributed by atoms with Crippen LogP contribution in [-0.2, 0) is 35.4 Å². The molecule has 1 heterocycles. The van der Waals surface area contributed by atoms with Gasteiger partial charge in [-0.15, -0.1) is 0 Å². The smallest absolute Gasteiger partial charge is 0.315 e. The maximum Gasteiger partial charge on any atom is 0.315 e. The van der Waals surface area contributed by atoms with E-state index in [1.165, 1.54) is 22.5 Å². The van der Waals surface area contributed by atoms with E-state index in [1.807, 2.05) is 46.8 Å². The first kappa shape index (κ1) is 44.8. The van der Waals surface area contributed by atoms with Gasteiger partial charge in [-0.3, -0.25) is 14.4 Å². The summed E-state index contributed by atoms with van der Waals surface area (Å²) >= 11 is 0. The third kappa shape index (κ3) is 13.6. The van der Waals surface area contributed by atoms with E-state index in [-0.39, 0.29) is 37.9 Å². The lowest BCUT2D eigenvalue weighted by Crippen LogP contribution is -2.62. The molecule has 0 spiro atoms. The second-order valence-electron chi connectivity index (χ2n) is 16.2. The number of carbonyl (C=O) groups excluding carboxylic acids is 4. The summed E-state index contributed by atoms with van der Waals surface area (Å²) in [4.78, 5) is 56.1. The molecule has 1 saturated heterocycles. The van der Waals surface area contributed by atoms with Gasteiger partial charge in [-0.05, 0) is 57.4 Å². The molecule has 5 amide bonds. The van der Waals surface area contributed by atoms with Crippen molar-refractivity contribution in [3.05, 3.63) is 29.8 Å². The number of hydrogen-bond donors (Lipinski definition) is 5. The molecule has 1 aliphatic heterocycles. The van der Waals surface area contributed by atoms with Crippen LogP contribution in [0.3, 0.4) is 0 Å². The SMILES string of the molecule is COc1ccc(CCNC(=O)[C@H](CC(F)F)NC(=O)[C@@H]2C[C@@H](C(C)C)CN2C(=O)[C@@H](NC(=O)N[C@H](CN(C)[S+](C)(=O)O)C(C)(C)C)C(C)(C)C)cc1. The zero-order valence-corrected chi connectivity index (χ0v) is 33.4.